The topological polar surface area (TPSA) is 90.4 Å². The molecule has 17 heavy (non-hydrogen) atoms. The number of hydrogen-bond donors (Lipinski definition) is 2. The maximum Gasteiger partial charge on any atom is 0.341 e. The first-order valence-corrected chi connectivity index (χ1v) is 4.85. The third-order valence-electron chi connectivity index (χ3n) is 2.35. The summed E-state index contributed by atoms with van der Waals surface area (Å²) >= 11 is 0. The van der Waals surface area contributed by atoms with Gasteiger partial charge in [-0.15, -0.1) is 0 Å². The number of para-hydroxylation sites is 2. The van der Waals surface area contributed by atoms with Crippen LogP contribution in [-0.2, 0) is 0 Å². The first kappa shape index (κ1) is 11.0. The summed E-state index contributed by atoms with van der Waals surface area (Å²) in [6, 6.07) is 7.09. The number of anilines is 1. The molecule has 6 nitrogen and oxygen atoms in total. The molecule has 88 valence electrons. The highest BCUT2D eigenvalue weighted by Crippen LogP contribution is 2.25. The smallest absolute Gasteiger partial charge is 0.341 e. The van der Waals surface area contributed by atoms with Gasteiger partial charge in [0.25, 0.3) is 0 Å². The number of methoxy groups -OCH3 is 1. The van der Waals surface area contributed by atoms with Crippen LogP contribution in [0, 0.1) is 0 Å². The van der Waals surface area contributed by atoms with Gasteiger partial charge in [0, 0.05) is 0 Å². The Morgan fingerprint density at radius 1 is 1.47 bits per heavy atom. The number of benzene rings is 1. The SMILES string of the molecule is COc1ccccc1-n1ncc(C(=O)O)c1N. The summed E-state index contributed by atoms with van der Waals surface area (Å²) < 4.78 is 6.50. The van der Waals surface area contributed by atoms with E-state index in [0.717, 1.165) is 0 Å². The van der Waals surface area contributed by atoms with E-state index in [1.165, 1.54) is 18.0 Å². The fraction of sp³-hybridized carbons (Fsp3) is 0.0909. The van der Waals surface area contributed by atoms with E-state index in [2.05, 4.69) is 5.10 Å². The summed E-state index contributed by atoms with van der Waals surface area (Å²) in [5.41, 5.74) is 6.29. The molecular formula is C11H11N3O3. The number of rotatable bonds is 3. The molecule has 0 aliphatic carbocycles. The maximum absolute atomic E-state index is 10.9. The largest absolute Gasteiger partial charge is 0.494 e. The van der Waals surface area contributed by atoms with Crippen LogP contribution >= 0.6 is 0 Å². The number of hydrogen-bond acceptors (Lipinski definition) is 4. The van der Waals surface area contributed by atoms with Crippen LogP contribution < -0.4 is 10.5 Å². The molecule has 0 saturated heterocycles. The number of carboxylic acids is 1. The minimum Gasteiger partial charge on any atom is -0.494 e. The van der Waals surface area contributed by atoms with E-state index in [4.69, 9.17) is 15.6 Å². The Balaban J connectivity index is 2.57. The molecule has 0 bridgehead atoms. The monoisotopic (exact) mass is 233 g/mol. The van der Waals surface area contributed by atoms with E-state index >= 15 is 0 Å². The van der Waals surface area contributed by atoms with Crippen molar-refractivity contribution in [3.63, 3.8) is 0 Å². The molecule has 0 fully saturated rings. The summed E-state index contributed by atoms with van der Waals surface area (Å²) in [6.45, 7) is 0. The van der Waals surface area contributed by atoms with Gasteiger partial charge in [0.15, 0.2) is 0 Å². The van der Waals surface area contributed by atoms with Crippen LogP contribution in [0.25, 0.3) is 5.69 Å². The van der Waals surface area contributed by atoms with Crippen molar-refractivity contribution >= 4 is 11.8 Å². The van der Waals surface area contributed by atoms with Crippen LogP contribution in [0.2, 0.25) is 0 Å². The zero-order valence-electron chi connectivity index (χ0n) is 9.12. The number of carboxylic acid groups (broad SMARTS) is 1. The highest BCUT2D eigenvalue weighted by atomic mass is 16.5. The first-order chi connectivity index (χ1) is 8.15. The van der Waals surface area contributed by atoms with Gasteiger partial charge in [-0.05, 0) is 12.1 Å². The van der Waals surface area contributed by atoms with Gasteiger partial charge < -0.3 is 15.6 Å². The van der Waals surface area contributed by atoms with Crippen molar-refractivity contribution in [3.8, 4) is 11.4 Å². The average molecular weight is 233 g/mol. The van der Waals surface area contributed by atoms with Crippen LogP contribution in [0.15, 0.2) is 30.5 Å². The minimum absolute atomic E-state index is 0.0316. The molecule has 0 aliphatic heterocycles. The third-order valence-corrected chi connectivity index (χ3v) is 2.35. The molecule has 1 aromatic carbocycles. The van der Waals surface area contributed by atoms with E-state index in [0.29, 0.717) is 11.4 Å². The van der Waals surface area contributed by atoms with Crippen LogP contribution in [0.4, 0.5) is 5.82 Å². The molecule has 2 rings (SSSR count). The lowest BCUT2D eigenvalue weighted by Crippen LogP contribution is -2.06. The second-order valence-electron chi connectivity index (χ2n) is 3.33. The Labute approximate surface area is 97.2 Å². The lowest BCUT2D eigenvalue weighted by molar-refractivity contribution is 0.0698. The summed E-state index contributed by atoms with van der Waals surface area (Å²) in [6.07, 6.45) is 1.21. The molecule has 0 atom stereocenters. The third kappa shape index (κ3) is 1.80. The van der Waals surface area contributed by atoms with Gasteiger partial charge >= 0.3 is 5.97 Å². The van der Waals surface area contributed by atoms with Gasteiger partial charge in [0.2, 0.25) is 0 Å². The standard InChI is InChI=1S/C11H11N3O3/c1-17-9-5-3-2-4-8(9)14-10(12)7(6-13-14)11(15)16/h2-6H,12H2,1H3,(H,15,16). The summed E-state index contributed by atoms with van der Waals surface area (Å²) in [5, 5.41) is 12.8. The quantitative estimate of drug-likeness (QED) is 0.830. The number of aromatic nitrogens is 2. The van der Waals surface area contributed by atoms with E-state index < -0.39 is 5.97 Å². The number of nitrogens with two attached hydrogens (primary N) is 1. The summed E-state index contributed by atoms with van der Waals surface area (Å²) in [5.74, 6) is -0.468. The van der Waals surface area contributed by atoms with Crippen molar-refractivity contribution < 1.29 is 14.6 Å². The number of nitrogen functional groups attached to an aromatic ring is 1. The van der Waals surface area contributed by atoms with E-state index in [1.54, 1.807) is 24.3 Å². The Morgan fingerprint density at radius 2 is 2.18 bits per heavy atom. The zero-order valence-corrected chi connectivity index (χ0v) is 9.12. The number of nitrogens with zero attached hydrogens (tertiary/aromatic N) is 2. The molecule has 0 spiro atoms. The van der Waals surface area contributed by atoms with Gasteiger partial charge in [0.05, 0.1) is 13.3 Å². The van der Waals surface area contributed by atoms with Gasteiger partial charge in [-0.2, -0.15) is 5.10 Å². The molecular weight excluding hydrogens is 222 g/mol. The average Bonchev–Trinajstić information content (AvgIpc) is 2.71. The molecule has 0 amide bonds. The van der Waals surface area contributed by atoms with E-state index in [-0.39, 0.29) is 11.4 Å². The first-order valence-electron chi connectivity index (χ1n) is 4.85. The van der Waals surface area contributed by atoms with Crippen LogP contribution in [-0.4, -0.2) is 28.0 Å². The van der Waals surface area contributed by atoms with Crippen molar-refractivity contribution in [3.05, 3.63) is 36.0 Å². The van der Waals surface area contributed by atoms with E-state index in [1.807, 2.05) is 0 Å². The van der Waals surface area contributed by atoms with Crippen molar-refractivity contribution in [2.75, 3.05) is 12.8 Å². The van der Waals surface area contributed by atoms with Gasteiger partial charge in [-0.3, -0.25) is 0 Å². The highest BCUT2D eigenvalue weighted by molar-refractivity contribution is 5.92. The fourth-order valence-electron chi connectivity index (χ4n) is 1.52. The van der Waals surface area contributed by atoms with Crippen molar-refractivity contribution in [1.29, 1.82) is 0 Å². The molecule has 0 aliphatic rings. The molecule has 3 N–H and O–H groups in total. The molecule has 0 saturated carbocycles. The van der Waals surface area contributed by atoms with Crippen LogP contribution in [0.5, 0.6) is 5.75 Å². The molecule has 1 heterocycles. The predicted molar refractivity (Wildman–Crippen MR) is 61.5 cm³/mol. The minimum atomic E-state index is -1.11. The number of carbonyl (C=O) groups is 1. The predicted octanol–water partition coefficient (Wildman–Crippen LogP) is 1.16. The Hall–Kier alpha value is -2.50. The number of ether oxygens (including phenoxy) is 1. The zero-order chi connectivity index (χ0) is 12.4. The van der Waals surface area contributed by atoms with Crippen LogP contribution in [0.1, 0.15) is 10.4 Å². The van der Waals surface area contributed by atoms with E-state index in [9.17, 15) is 4.79 Å². The normalized spacial score (nSPS) is 10.2. The van der Waals surface area contributed by atoms with Gasteiger partial charge in [-0.1, -0.05) is 12.1 Å². The van der Waals surface area contributed by atoms with Gasteiger partial charge in [-0.25, -0.2) is 9.48 Å². The summed E-state index contributed by atoms with van der Waals surface area (Å²) in [4.78, 5) is 10.9. The fourth-order valence-corrected chi connectivity index (χ4v) is 1.52. The molecule has 6 heteroatoms. The van der Waals surface area contributed by atoms with Crippen LogP contribution in [0.3, 0.4) is 0 Å². The highest BCUT2D eigenvalue weighted by Gasteiger charge is 2.16. The second kappa shape index (κ2) is 4.17. The number of aromatic carboxylic acids is 1. The Kier molecular flexibility index (Phi) is 2.70. The second-order valence-corrected chi connectivity index (χ2v) is 3.33. The molecule has 2 aromatic rings. The van der Waals surface area contributed by atoms with Gasteiger partial charge in [0.1, 0.15) is 22.8 Å². The maximum atomic E-state index is 10.9. The van der Waals surface area contributed by atoms with Crippen molar-refractivity contribution in [1.82, 2.24) is 9.78 Å². The van der Waals surface area contributed by atoms with Crippen molar-refractivity contribution in [2.24, 2.45) is 0 Å². The molecule has 1 aromatic heterocycles. The molecule has 0 radical (unpaired) electrons. The Morgan fingerprint density at radius 3 is 2.76 bits per heavy atom. The van der Waals surface area contributed by atoms with Crippen molar-refractivity contribution in [2.45, 2.75) is 0 Å². The Bertz CT molecular complexity index is 563. The summed E-state index contributed by atoms with van der Waals surface area (Å²) in [7, 11) is 1.52. The molecule has 0 unspecified atom stereocenters. The lowest BCUT2D eigenvalue weighted by atomic mass is 10.3. The lowest BCUT2D eigenvalue weighted by Gasteiger charge is -2.09.